The van der Waals surface area contributed by atoms with Crippen LogP contribution in [-0.2, 0) is 13.0 Å². The van der Waals surface area contributed by atoms with Gasteiger partial charge in [0.2, 0.25) is 0 Å². The molecule has 0 fully saturated rings. The van der Waals surface area contributed by atoms with Crippen molar-refractivity contribution in [2.24, 2.45) is 0 Å². The molecule has 0 aliphatic heterocycles. The Morgan fingerprint density at radius 3 is 2.55 bits per heavy atom. The monoisotopic (exact) mass is 272 g/mol. The molecule has 1 aromatic carbocycles. The van der Waals surface area contributed by atoms with Crippen LogP contribution in [0.3, 0.4) is 0 Å². The zero-order chi connectivity index (χ0) is 14.2. The van der Waals surface area contributed by atoms with Gasteiger partial charge in [-0.3, -0.25) is 4.98 Å². The average Bonchev–Trinajstić information content (AvgIpc) is 2.49. The average molecular weight is 272 g/mol. The Labute approximate surface area is 119 Å². The van der Waals surface area contributed by atoms with Gasteiger partial charge in [-0.1, -0.05) is 6.07 Å². The van der Waals surface area contributed by atoms with Gasteiger partial charge in [0.15, 0.2) is 11.5 Å². The molecule has 2 rings (SSSR count). The number of aromatic nitrogens is 1. The molecule has 4 heteroatoms. The van der Waals surface area contributed by atoms with Gasteiger partial charge in [-0.25, -0.2) is 0 Å². The first-order valence-electron chi connectivity index (χ1n) is 6.66. The summed E-state index contributed by atoms with van der Waals surface area (Å²) in [6.07, 6.45) is 4.44. The Morgan fingerprint density at radius 1 is 1.05 bits per heavy atom. The topological polar surface area (TPSA) is 43.4 Å². The van der Waals surface area contributed by atoms with Crippen molar-refractivity contribution in [2.75, 3.05) is 20.8 Å². The highest BCUT2D eigenvalue weighted by atomic mass is 16.5. The van der Waals surface area contributed by atoms with E-state index in [-0.39, 0.29) is 0 Å². The summed E-state index contributed by atoms with van der Waals surface area (Å²) in [5.41, 5.74) is 2.39. The van der Waals surface area contributed by atoms with Gasteiger partial charge in [0.05, 0.1) is 13.7 Å². The molecule has 2 aromatic rings. The Morgan fingerprint density at radius 2 is 1.85 bits per heavy atom. The molecule has 0 unspecified atom stereocenters. The van der Waals surface area contributed by atoms with Crippen LogP contribution in [0.25, 0.3) is 0 Å². The van der Waals surface area contributed by atoms with Crippen LogP contribution in [-0.4, -0.2) is 25.7 Å². The minimum atomic E-state index is 0.614. The third-order valence-corrected chi connectivity index (χ3v) is 3.01. The minimum Gasteiger partial charge on any atom is -0.493 e. The molecule has 106 valence electrons. The Hall–Kier alpha value is -2.07. The summed E-state index contributed by atoms with van der Waals surface area (Å²) in [6.45, 7) is 1.42. The van der Waals surface area contributed by atoms with E-state index in [1.165, 1.54) is 11.1 Å². The van der Waals surface area contributed by atoms with Crippen LogP contribution in [0.5, 0.6) is 11.5 Å². The van der Waals surface area contributed by atoms with Crippen LogP contribution in [0.4, 0.5) is 0 Å². The highest BCUT2D eigenvalue weighted by Crippen LogP contribution is 2.28. The lowest BCUT2D eigenvalue weighted by molar-refractivity contribution is 0.297. The summed E-state index contributed by atoms with van der Waals surface area (Å²) in [7, 11) is 3.58. The van der Waals surface area contributed by atoms with Crippen molar-refractivity contribution in [1.82, 2.24) is 10.3 Å². The van der Waals surface area contributed by atoms with Crippen molar-refractivity contribution < 1.29 is 9.47 Å². The molecule has 0 saturated carbocycles. The van der Waals surface area contributed by atoms with Crippen molar-refractivity contribution in [3.05, 3.63) is 53.9 Å². The number of rotatable bonds is 7. The first kappa shape index (κ1) is 14.3. The standard InChI is InChI=1S/C16H20N2O2/c1-17-12-14-3-4-15(19-2)16(11-14)20-10-7-13-5-8-18-9-6-13/h3-6,8-9,11,17H,7,10,12H2,1-2H3. The highest BCUT2D eigenvalue weighted by Gasteiger charge is 2.05. The third kappa shape index (κ3) is 3.96. The highest BCUT2D eigenvalue weighted by molar-refractivity contribution is 5.43. The largest absolute Gasteiger partial charge is 0.493 e. The van der Waals surface area contributed by atoms with Gasteiger partial charge in [0.1, 0.15) is 0 Å². The summed E-state index contributed by atoms with van der Waals surface area (Å²) in [5.74, 6) is 1.55. The Bertz CT molecular complexity index is 529. The quantitative estimate of drug-likeness (QED) is 0.840. The molecule has 0 atom stereocenters. The summed E-state index contributed by atoms with van der Waals surface area (Å²) >= 11 is 0. The van der Waals surface area contributed by atoms with Gasteiger partial charge in [-0.15, -0.1) is 0 Å². The molecule has 0 saturated heterocycles. The normalized spacial score (nSPS) is 10.3. The van der Waals surface area contributed by atoms with Crippen LogP contribution < -0.4 is 14.8 Å². The van der Waals surface area contributed by atoms with E-state index in [2.05, 4.69) is 10.3 Å². The van der Waals surface area contributed by atoms with Crippen molar-refractivity contribution in [1.29, 1.82) is 0 Å². The molecule has 1 N–H and O–H groups in total. The molecular weight excluding hydrogens is 252 g/mol. The fourth-order valence-electron chi connectivity index (χ4n) is 1.98. The van der Waals surface area contributed by atoms with Gasteiger partial charge < -0.3 is 14.8 Å². The smallest absolute Gasteiger partial charge is 0.161 e. The van der Waals surface area contributed by atoms with Gasteiger partial charge in [0.25, 0.3) is 0 Å². The molecule has 4 nitrogen and oxygen atoms in total. The van der Waals surface area contributed by atoms with Crippen molar-refractivity contribution in [2.45, 2.75) is 13.0 Å². The zero-order valence-corrected chi connectivity index (χ0v) is 11.9. The second-order valence-electron chi connectivity index (χ2n) is 4.47. The zero-order valence-electron chi connectivity index (χ0n) is 11.9. The second kappa shape index (κ2) is 7.50. The SMILES string of the molecule is CNCc1ccc(OC)c(OCCc2ccncc2)c1. The minimum absolute atomic E-state index is 0.614. The summed E-state index contributed by atoms with van der Waals surface area (Å²) in [4.78, 5) is 4.00. The van der Waals surface area contributed by atoms with E-state index in [1.54, 1.807) is 19.5 Å². The maximum atomic E-state index is 5.85. The number of hydrogen-bond donors (Lipinski definition) is 1. The number of benzene rings is 1. The van der Waals surface area contributed by atoms with E-state index in [0.29, 0.717) is 6.61 Å². The number of ether oxygens (including phenoxy) is 2. The lowest BCUT2D eigenvalue weighted by atomic mass is 10.2. The molecular formula is C16H20N2O2. The molecule has 0 aliphatic carbocycles. The maximum Gasteiger partial charge on any atom is 0.161 e. The third-order valence-electron chi connectivity index (χ3n) is 3.01. The molecule has 0 radical (unpaired) electrons. The molecule has 0 aliphatic rings. The van der Waals surface area contributed by atoms with E-state index in [4.69, 9.17) is 9.47 Å². The molecule has 20 heavy (non-hydrogen) atoms. The summed E-state index contributed by atoms with van der Waals surface area (Å²) in [5, 5.41) is 3.13. The number of pyridine rings is 1. The molecule has 1 aromatic heterocycles. The van der Waals surface area contributed by atoms with Crippen molar-refractivity contribution >= 4 is 0 Å². The lowest BCUT2D eigenvalue weighted by Gasteiger charge is -2.12. The van der Waals surface area contributed by atoms with E-state index in [9.17, 15) is 0 Å². The first-order valence-corrected chi connectivity index (χ1v) is 6.66. The van der Waals surface area contributed by atoms with Crippen LogP contribution in [0, 0.1) is 0 Å². The fourth-order valence-corrected chi connectivity index (χ4v) is 1.98. The van der Waals surface area contributed by atoms with Gasteiger partial charge in [-0.2, -0.15) is 0 Å². The van der Waals surface area contributed by atoms with E-state index in [0.717, 1.165) is 24.5 Å². The Balaban J connectivity index is 1.98. The first-order chi connectivity index (χ1) is 9.83. The van der Waals surface area contributed by atoms with Crippen LogP contribution >= 0.6 is 0 Å². The van der Waals surface area contributed by atoms with Gasteiger partial charge >= 0.3 is 0 Å². The molecule has 0 bridgehead atoms. The maximum absolute atomic E-state index is 5.85. The number of nitrogens with zero attached hydrogens (tertiary/aromatic N) is 1. The molecule has 1 heterocycles. The molecule has 0 spiro atoms. The van der Waals surface area contributed by atoms with Crippen LogP contribution in [0.15, 0.2) is 42.7 Å². The predicted octanol–water partition coefficient (Wildman–Crippen LogP) is 2.43. The second-order valence-corrected chi connectivity index (χ2v) is 4.47. The molecule has 0 amide bonds. The Kier molecular flexibility index (Phi) is 5.38. The number of hydrogen-bond acceptors (Lipinski definition) is 4. The van der Waals surface area contributed by atoms with Gasteiger partial charge in [0, 0.05) is 25.4 Å². The summed E-state index contributed by atoms with van der Waals surface area (Å²) in [6, 6.07) is 9.98. The van der Waals surface area contributed by atoms with Crippen molar-refractivity contribution in [3.63, 3.8) is 0 Å². The lowest BCUT2D eigenvalue weighted by Crippen LogP contribution is -2.07. The predicted molar refractivity (Wildman–Crippen MR) is 79.2 cm³/mol. The number of methoxy groups -OCH3 is 1. The van der Waals surface area contributed by atoms with Crippen LogP contribution in [0.1, 0.15) is 11.1 Å². The summed E-state index contributed by atoms with van der Waals surface area (Å²) < 4.78 is 11.2. The van der Waals surface area contributed by atoms with Crippen molar-refractivity contribution in [3.8, 4) is 11.5 Å². The number of nitrogens with one attached hydrogen (secondary N) is 1. The van der Waals surface area contributed by atoms with E-state index >= 15 is 0 Å². The fraction of sp³-hybridized carbons (Fsp3) is 0.312. The van der Waals surface area contributed by atoms with E-state index < -0.39 is 0 Å². The van der Waals surface area contributed by atoms with Crippen LogP contribution in [0.2, 0.25) is 0 Å². The van der Waals surface area contributed by atoms with E-state index in [1.807, 2.05) is 37.4 Å². The van der Waals surface area contributed by atoms with Gasteiger partial charge in [-0.05, 0) is 42.4 Å².